The second-order valence-electron chi connectivity index (χ2n) is 5.11. The van der Waals surface area contributed by atoms with Crippen LogP contribution >= 0.6 is 0 Å². The van der Waals surface area contributed by atoms with Crippen LogP contribution in [0.3, 0.4) is 0 Å². The molecule has 1 aromatic carbocycles. The minimum atomic E-state index is -0.989. The van der Waals surface area contributed by atoms with Crippen molar-refractivity contribution in [3.8, 4) is 0 Å². The Hall–Kier alpha value is -1.64. The van der Waals surface area contributed by atoms with E-state index in [1.165, 1.54) is 12.1 Å². The predicted molar refractivity (Wildman–Crippen MR) is 66.2 cm³/mol. The molecule has 1 aromatic rings. The normalized spacial score (nSPS) is 12.6. The molecule has 0 amide bonds. The van der Waals surface area contributed by atoms with Gasteiger partial charge in [-0.15, -0.1) is 0 Å². The van der Waals surface area contributed by atoms with E-state index in [1.807, 2.05) is 20.8 Å². The van der Waals surface area contributed by atoms with Crippen molar-refractivity contribution in [2.75, 3.05) is 0 Å². The third kappa shape index (κ3) is 3.41. The van der Waals surface area contributed by atoms with Gasteiger partial charge in [0.1, 0.15) is 5.82 Å². The first-order valence-corrected chi connectivity index (χ1v) is 5.43. The Morgan fingerprint density at radius 3 is 2.35 bits per heavy atom. The third-order valence-corrected chi connectivity index (χ3v) is 2.54. The van der Waals surface area contributed by atoms with Crippen molar-refractivity contribution in [1.82, 2.24) is 0 Å². The molecule has 1 rings (SSSR count). The summed E-state index contributed by atoms with van der Waals surface area (Å²) in [5.74, 6) is -1.27. The van der Waals surface area contributed by atoms with E-state index >= 15 is 0 Å². The fourth-order valence-electron chi connectivity index (χ4n) is 1.67. The highest BCUT2D eigenvalue weighted by atomic mass is 19.1. The quantitative estimate of drug-likeness (QED) is 0.796. The maximum atomic E-state index is 13.2. The minimum absolute atomic E-state index is 0.280. The second kappa shape index (κ2) is 4.70. The predicted octanol–water partition coefficient (Wildman–Crippen LogP) is 3.65. The molecule has 0 heterocycles. The number of benzene rings is 1. The van der Waals surface area contributed by atoms with Gasteiger partial charge in [0.25, 0.3) is 0 Å². The Morgan fingerprint density at radius 2 is 1.94 bits per heavy atom. The van der Waals surface area contributed by atoms with Crippen LogP contribution in [0.25, 0.3) is 5.57 Å². The van der Waals surface area contributed by atoms with Crippen molar-refractivity contribution in [3.63, 3.8) is 0 Å². The summed E-state index contributed by atoms with van der Waals surface area (Å²) < 4.78 is 13.2. The van der Waals surface area contributed by atoms with E-state index < -0.39 is 5.97 Å². The summed E-state index contributed by atoms with van der Waals surface area (Å²) in [7, 11) is 0. The monoisotopic (exact) mass is 236 g/mol. The average Bonchev–Trinajstić information content (AvgIpc) is 2.17. The van der Waals surface area contributed by atoms with Crippen LogP contribution in [-0.2, 0) is 4.79 Å². The Bertz CT molecular complexity index is 468. The van der Waals surface area contributed by atoms with Crippen LogP contribution in [0.2, 0.25) is 0 Å². The maximum Gasteiger partial charge on any atom is 0.328 e. The molecule has 0 saturated heterocycles. The molecule has 0 fully saturated rings. The van der Waals surface area contributed by atoms with E-state index in [2.05, 4.69) is 0 Å². The van der Waals surface area contributed by atoms with Crippen molar-refractivity contribution >= 4 is 11.5 Å². The highest BCUT2D eigenvalue weighted by Gasteiger charge is 2.20. The largest absolute Gasteiger partial charge is 0.478 e. The van der Waals surface area contributed by atoms with Crippen LogP contribution in [0.15, 0.2) is 24.3 Å². The van der Waals surface area contributed by atoms with Crippen LogP contribution in [0, 0.1) is 18.2 Å². The molecule has 0 aliphatic rings. The molecule has 0 aliphatic carbocycles. The Balaban J connectivity index is 3.33. The minimum Gasteiger partial charge on any atom is -0.478 e. The molecule has 2 nitrogen and oxygen atoms in total. The standard InChI is InChI=1S/C14H17FO2/c1-9-7-10(5-6-12(9)15)11(8-13(16)17)14(2,3)4/h5-8H,1-4H3,(H,16,17)/b11-8-. The van der Waals surface area contributed by atoms with E-state index in [4.69, 9.17) is 5.11 Å². The summed E-state index contributed by atoms with van der Waals surface area (Å²) in [5.41, 5.74) is 1.65. The number of halogens is 1. The zero-order valence-electron chi connectivity index (χ0n) is 10.5. The molecule has 17 heavy (non-hydrogen) atoms. The SMILES string of the molecule is Cc1cc(/C(=C/C(=O)O)C(C)(C)C)ccc1F. The van der Waals surface area contributed by atoms with Crippen molar-refractivity contribution in [3.05, 3.63) is 41.2 Å². The van der Waals surface area contributed by atoms with E-state index in [0.717, 1.165) is 5.56 Å². The molecular weight excluding hydrogens is 219 g/mol. The number of aliphatic carboxylic acids is 1. The number of allylic oxidation sites excluding steroid dienone is 1. The Kier molecular flexibility index (Phi) is 3.71. The van der Waals surface area contributed by atoms with Gasteiger partial charge in [-0.25, -0.2) is 9.18 Å². The van der Waals surface area contributed by atoms with Gasteiger partial charge >= 0.3 is 5.97 Å². The summed E-state index contributed by atoms with van der Waals surface area (Å²) in [6.45, 7) is 7.46. The van der Waals surface area contributed by atoms with Crippen molar-refractivity contribution in [1.29, 1.82) is 0 Å². The van der Waals surface area contributed by atoms with Gasteiger partial charge in [-0.2, -0.15) is 0 Å². The van der Waals surface area contributed by atoms with Gasteiger partial charge in [-0.1, -0.05) is 26.8 Å². The molecule has 3 heteroatoms. The molecular formula is C14H17FO2. The summed E-state index contributed by atoms with van der Waals surface area (Å²) in [6.07, 6.45) is 1.19. The fourth-order valence-corrected chi connectivity index (χ4v) is 1.67. The first-order valence-electron chi connectivity index (χ1n) is 5.43. The number of carboxylic acids is 1. The van der Waals surface area contributed by atoms with E-state index in [0.29, 0.717) is 11.1 Å². The molecule has 0 atom stereocenters. The zero-order valence-corrected chi connectivity index (χ0v) is 10.5. The first-order chi connectivity index (χ1) is 7.71. The lowest BCUT2D eigenvalue weighted by Crippen LogP contribution is -2.10. The summed E-state index contributed by atoms with van der Waals surface area (Å²) in [5, 5.41) is 8.88. The van der Waals surface area contributed by atoms with Gasteiger partial charge in [0.15, 0.2) is 0 Å². The van der Waals surface area contributed by atoms with Gasteiger partial charge in [0, 0.05) is 6.08 Å². The van der Waals surface area contributed by atoms with Gasteiger partial charge in [0.2, 0.25) is 0 Å². The van der Waals surface area contributed by atoms with Gasteiger partial charge in [0.05, 0.1) is 0 Å². The number of hydrogen-bond acceptors (Lipinski definition) is 1. The van der Waals surface area contributed by atoms with E-state index in [9.17, 15) is 9.18 Å². The first kappa shape index (κ1) is 13.4. The number of aryl methyl sites for hydroxylation is 1. The topological polar surface area (TPSA) is 37.3 Å². The lowest BCUT2D eigenvalue weighted by atomic mass is 9.81. The molecule has 92 valence electrons. The molecule has 0 spiro atoms. The Labute approximate surface area is 101 Å². The lowest BCUT2D eigenvalue weighted by molar-refractivity contribution is -0.131. The molecule has 1 N–H and O–H groups in total. The van der Waals surface area contributed by atoms with E-state index in [1.54, 1.807) is 19.1 Å². The average molecular weight is 236 g/mol. The molecule has 0 radical (unpaired) electrons. The van der Waals surface area contributed by atoms with Crippen molar-refractivity contribution < 1.29 is 14.3 Å². The number of hydrogen-bond donors (Lipinski definition) is 1. The van der Waals surface area contributed by atoms with Crippen LogP contribution < -0.4 is 0 Å². The molecule has 0 aromatic heterocycles. The number of carboxylic acid groups (broad SMARTS) is 1. The van der Waals surface area contributed by atoms with Crippen LogP contribution in [0.4, 0.5) is 4.39 Å². The van der Waals surface area contributed by atoms with Crippen LogP contribution in [0.5, 0.6) is 0 Å². The molecule has 0 aliphatic heterocycles. The number of carbonyl (C=O) groups is 1. The fraction of sp³-hybridized carbons (Fsp3) is 0.357. The molecule has 0 unspecified atom stereocenters. The third-order valence-electron chi connectivity index (χ3n) is 2.54. The van der Waals surface area contributed by atoms with Gasteiger partial charge < -0.3 is 5.11 Å². The Morgan fingerprint density at radius 1 is 1.35 bits per heavy atom. The second-order valence-corrected chi connectivity index (χ2v) is 5.11. The smallest absolute Gasteiger partial charge is 0.328 e. The van der Waals surface area contributed by atoms with Crippen molar-refractivity contribution in [2.45, 2.75) is 27.7 Å². The van der Waals surface area contributed by atoms with Crippen LogP contribution in [-0.4, -0.2) is 11.1 Å². The molecule has 0 saturated carbocycles. The van der Waals surface area contributed by atoms with Crippen LogP contribution in [0.1, 0.15) is 31.9 Å². The summed E-state index contributed by atoms with van der Waals surface area (Å²) in [6, 6.07) is 4.66. The zero-order chi connectivity index (χ0) is 13.2. The van der Waals surface area contributed by atoms with Crippen molar-refractivity contribution in [2.24, 2.45) is 5.41 Å². The summed E-state index contributed by atoms with van der Waals surface area (Å²) >= 11 is 0. The van der Waals surface area contributed by atoms with Gasteiger partial charge in [-0.3, -0.25) is 0 Å². The highest BCUT2D eigenvalue weighted by Crippen LogP contribution is 2.34. The summed E-state index contributed by atoms with van der Waals surface area (Å²) in [4.78, 5) is 10.8. The number of rotatable bonds is 2. The lowest BCUT2D eigenvalue weighted by Gasteiger charge is -2.23. The van der Waals surface area contributed by atoms with E-state index in [-0.39, 0.29) is 11.2 Å². The molecule has 0 bridgehead atoms. The maximum absolute atomic E-state index is 13.2. The van der Waals surface area contributed by atoms with Gasteiger partial charge in [-0.05, 0) is 41.2 Å². The highest BCUT2D eigenvalue weighted by molar-refractivity contribution is 5.91.